The molecule has 26 heavy (non-hydrogen) atoms. The number of carbonyl (C=O) groups is 2. The Kier molecular flexibility index (Phi) is 5.44. The number of nitrogens with one attached hydrogen (secondary N) is 2. The molecule has 1 atom stereocenters. The van der Waals surface area contributed by atoms with Gasteiger partial charge in [0.25, 0.3) is 5.91 Å². The van der Waals surface area contributed by atoms with Crippen LogP contribution in [0.25, 0.3) is 0 Å². The van der Waals surface area contributed by atoms with Crippen LogP contribution in [-0.4, -0.2) is 41.9 Å². The van der Waals surface area contributed by atoms with Crippen molar-refractivity contribution in [3.8, 4) is 0 Å². The first-order valence-electron chi connectivity index (χ1n) is 8.78. The van der Waals surface area contributed by atoms with Crippen molar-refractivity contribution in [1.82, 2.24) is 15.5 Å². The molecule has 2 heterocycles. The van der Waals surface area contributed by atoms with Crippen LogP contribution in [0.3, 0.4) is 0 Å². The molecule has 0 fully saturated rings. The average Bonchev–Trinajstić information content (AvgIpc) is 3.14. The lowest BCUT2D eigenvalue weighted by atomic mass is 9.94. The van der Waals surface area contributed by atoms with Crippen LogP contribution in [0.4, 0.5) is 0 Å². The number of likely N-dealkylation sites (N-methyl/N-ethyl adjacent to an activating group) is 1. The van der Waals surface area contributed by atoms with Gasteiger partial charge in [0, 0.05) is 19.1 Å². The van der Waals surface area contributed by atoms with Crippen LogP contribution >= 0.6 is 11.3 Å². The van der Waals surface area contributed by atoms with Crippen molar-refractivity contribution in [1.29, 1.82) is 0 Å². The monoisotopic (exact) mass is 371 g/mol. The third-order valence-electron chi connectivity index (χ3n) is 4.85. The molecule has 1 aromatic heterocycles. The van der Waals surface area contributed by atoms with Crippen molar-refractivity contribution < 1.29 is 9.59 Å². The molecule has 0 radical (unpaired) electrons. The molecule has 0 saturated heterocycles. The Morgan fingerprint density at radius 3 is 2.62 bits per heavy atom. The van der Waals surface area contributed by atoms with E-state index in [1.54, 1.807) is 19.9 Å². The molecule has 1 aliphatic heterocycles. The van der Waals surface area contributed by atoms with Crippen LogP contribution in [-0.2, 0) is 17.8 Å². The molecule has 0 spiro atoms. The van der Waals surface area contributed by atoms with Gasteiger partial charge >= 0.3 is 0 Å². The minimum absolute atomic E-state index is 0.172. The van der Waals surface area contributed by atoms with Crippen molar-refractivity contribution in [3.05, 3.63) is 57.8 Å². The van der Waals surface area contributed by atoms with Gasteiger partial charge in [-0.1, -0.05) is 30.3 Å². The van der Waals surface area contributed by atoms with Gasteiger partial charge < -0.3 is 10.6 Å². The fourth-order valence-electron chi connectivity index (χ4n) is 3.19. The Labute approximate surface area is 158 Å². The highest BCUT2D eigenvalue weighted by Crippen LogP contribution is 2.21. The van der Waals surface area contributed by atoms with E-state index in [1.165, 1.54) is 22.5 Å². The van der Waals surface area contributed by atoms with Gasteiger partial charge in [-0.15, -0.1) is 11.3 Å². The highest BCUT2D eigenvalue weighted by molar-refractivity contribution is 7.12. The summed E-state index contributed by atoms with van der Waals surface area (Å²) in [6.07, 6.45) is 0.912. The molecule has 2 aromatic rings. The van der Waals surface area contributed by atoms with Gasteiger partial charge in [0.2, 0.25) is 5.91 Å². The van der Waals surface area contributed by atoms with Crippen LogP contribution < -0.4 is 10.6 Å². The van der Waals surface area contributed by atoms with Gasteiger partial charge in [-0.25, -0.2) is 0 Å². The zero-order chi connectivity index (χ0) is 18.7. The lowest BCUT2D eigenvalue weighted by Crippen LogP contribution is -2.56. The number of hydrogen-bond donors (Lipinski definition) is 2. The normalized spacial score (nSPS) is 17.4. The summed E-state index contributed by atoms with van der Waals surface area (Å²) < 4.78 is 0. The molecule has 138 valence electrons. The Balaban J connectivity index is 1.57. The predicted octanol–water partition coefficient (Wildman–Crippen LogP) is 2.43. The molecule has 3 rings (SSSR count). The molecule has 2 amide bonds. The summed E-state index contributed by atoms with van der Waals surface area (Å²) in [6, 6.07) is 12.3. The summed E-state index contributed by atoms with van der Waals surface area (Å²) in [5, 5.41) is 7.68. The van der Waals surface area contributed by atoms with E-state index in [-0.39, 0.29) is 17.9 Å². The lowest BCUT2D eigenvalue weighted by Gasteiger charge is -2.35. The number of rotatable bonds is 5. The van der Waals surface area contributed by atoms with E-state index in [1.807, 2.05) is 11.4 Å². The Morgan fingerprint density at radius 1 is 1.19 bits per heavy atom. The minimum Gasteiger partial charge on any atom is -0.352 e. The maximum atomic E-state index is 12.6. The second-order valence-corrected chi connectivity index (χ2v) is 8.26. The molecule has 2 N–H and O–H groups in total. The zero-order valence-electron chi connectivity index (χ0n) is 15.4. The van der Waals surface area contributed by atoms with Crippen LogP contribution in [0.15, 0.2) is 41.8 Å². The van der Waals surface area contributed by atoms with E-state index in [0.717, 1.165) is 13.0 Å². The first kappa shape index (κ1) is 18.6. The molecule has 0 aliphatic carbocycles. The average molecular weight is 372 g/mol. The highest BCUT2D eigenvalue weighted by atomic mass is 32.1. The predicted molar refractivity (Wildman–Crippen MR) is 104 cm³/mol. The van der Waals surface area contributed by atoms with Crippen molar-refractivity contribution in [2.24, 2.45) is 0 Å². The van der Waals surface area contributed by atoms with E-state index in [4.69, 9.17) is 0 Å². The van der Waals surface area contributed by atoms with Crippen LogP contribution in [0.5, 0.6) is 0 Å². The van der Waals surface area contributed by atoms with Crippen LogP contribution in [0, 0.1) is 0 Å². The Bertz CT molecular complexity index is 786. The zero-order valence-corrected chi connectivity index (χ0v) is 16.2. The van der Waals surface area contributed by atoms with Crippen LogP contribution in [0.1, 0.15) is 34.6 Å². The first-order valence-corrected chi connectivity index (χ1v) is 9.66. The van der Waals surface area contributed by atoms with E-state index in [0.29, 0.717) is 11.4 Å². The Hall–Kier alpha value is -2.18. The topological polar surface area (TPSA) is 61.4 Å². The van der Waals surface area contributed by atoms with Crippen molar-refractivity contribution >= 4 is 23.2 Å². The van der Waals surface area contributed by atoms with Crippen molar-refractivity contribution in [2.45, 2.75) is 38.4 Å². The molecule has 1 aliphatic rings. The Morgan fingerprint density at radius 2 is 1.92 bits per heavy atom. The summed E-state index contributed by atoms with van der Waals surface area (Å²) in [7, 11) is 2.08. The number of fused-ring (bicyclic) bond motifs is 1. The number of benzene rings is 1. The molecule has 1 unspecified atom stereocenters. The van der Waals surface area contributed by atoms with Gasteiger partial charge in [-0.2, -0.15) is 0 Å². The highest BCUT2D eigenvalue weighted by Gasteiger charge is 2.31. The summed E-state index contributed by atoms with van der Waals surface area (Å²) in [4.78, 5) is 27.7. The van der Waals surface area contributed by atoms with Gasteiger partial charge in [-0.3, -0.25) is 14.5 Å². The third kappa shape index (κ3) is 4.14. The van der Waals surface area contributed by atoms with E-state index in [2.05, 4.69) is 46.8 Å². The standard InChI is InChI=1S/C20H25N3O2S/c1-20(2,22-18(24)17-9-6-10-26-17)19(25)21-12-16-11-14-7-4-5-8-15(14)13-23(16)3/h4-10,16H,11-13H2,1-3H3,(H,21,25)(H,22,24). The summed E-state index contributed by atoms with van der Waals surface area (Å²) in [6.45, 7) is 4.90. The fraction of sp³-hybridized carbons (Fsp3) is 0.400. The smallest absolute Gasteiger partial charge is 0.262 e. The first-order chi connectivity index (χ1) is 12.4. The second-order valence-electron chi connectivity index (χ2n) is 7.31. The van der Waals surface area contributed by atoms with Crippen LogP contribution in [0.2, 0.25) is 0 Å². The summed E-state index contributed by atoms with van der Waals surface area (Å²) >= 11 is 1.36. The summed E-state index contributed by atoms with van der Waals surface area (Å²) in [5.74, 6) is -0.390. The number of hydrogen-bond acceptors (Lipinski definition) is 4. The van der Waals surface area contributed by atoms with E-state index >= 15 is 0 Å². The SMILES string of the molecule is CN1Cc2ccccc2CC1CNC(=O)C(C)(C)NC(=O)c1cccs1. The minimum atomic E-state index is -0.966. The van der Waals surface area contributed by atoms with Crippen molar-refractivity contribution in [3.63, 3.8) is 0 Å². The molecule has 5 nitrogen and oxygen atoms in total. The third-order valence-corrected chi connectivity index (χ3v) is 5.72. The van der Waals surface area contributed by atoms with Gasteiger partial charge in [-0.05, 0) is 49.9 Å². The second kappa shape index (κ2) is 7.60. The van der Waals surface area contributed by atoms with E-state index < -0.39 is 5.54 Å². The number of carbonyl (C=O) groups excluding carboxylic acids is 2. The van der Waals surface area contributed by atoms with Crippen molar-refractivity contribution in [2.75, 3.05) is 13.6 Å². The molecular formula is C20H25N3O2S. The quantitative estimate of drug-likeness (QED) is 0.849. The van der Waals surface area contributed by atoms with Gasteiger partial charge in [0.05, 0.1) is 4.88 Å². The van der Waals surface area contributed by atoms with Gasteiger partial charge in [0.15, 0.2) is 0 Å². The number of thiophene rings is 1. The number of nitrogens with zero attached hydrogens (tertiary/aromatic N) is 1. The fourth-order valence-corrected chi connectivity index (χ4v) is 3.81. The maximum absolute atomic E-state index is 12.6. The largest absolute Gasteiger partial charge is 0.352 e. The molecular weight excluding hydrogens is 346 g/mol. The number of amides is 2. The molecule has 0 bridgehead atoms. The van der Waals surface area contributed by atoms with Gasteiger partial charge in [0.1, 0.15) is 5.54 Å². The summed E-state index contributed by atoms with van der Waals surface area (Å²) in [5.41, 5.74) is 1.72. The molecule has 6 heteroatoms. The molecule has 1 aromatic carbocycles. The lowest BCUT2D eigenvalue weighted by molar-refractivity contribution is -0.126. The maximum Gasteiger partial charge on any atom is 0.262 e. The molecule has 0 saturated carbocycles. The van der Waals surface area contributed by atoms with E-state index in [9.17, 15) is 9.59 Å².